The minimum atomic E-state index is -0.107. The van der Waals surface area contributed by atoms with E-state index in [2.05, 4.69) is 21.2 Å². The van der Waals surface area contributed by atoms with Crippen LogP contribution < -0.4 is 10.1 Å². The number of carbonyl (C=O) groups is 1. The maximum Gasteiger partial charge on any atom is 0.238 e. The van der Waals surface area contributed by atoms with Crippen LogP contribution in [-0.2, 0) is 4.79 Å². The van der Waals surface area contributed by atoms with E-state index in [9.17, 15) is 4.79 Å². The lowest BCUT2D eigenvalue weighted by molar-refractivity contribution is -0.117. The van der Waals surface area contributed by atoms with Crippen LogP contribution in [-0.4, -0.2) is 37.6 Å². The number of likely N-dealkylation sites (N-methyl/N-ethyl adjacent to an activating group) is 1. The number of halogens is 2. The average Bonchev–Trinajstić information content (AvgIpc) is 2.51. The second kappa shape index (κ2) is 8.91. The molecule has 4 nitrogen and oxygen atoms in total. The third-order valence-corrected chi connectivity index (χ3v) is 3.98. The van der Waals surface area contributed by atoms with Crippen LogP contribution in [0.15, 0.2) is 53.0 Å². The highest BCUT2D eigenvalue weighted by Gasteiger charge is 2.08. The van der Waals surface area contributed by atoms with Crippen molar-refractivity contribution in [3.05, 3.63) is 58.0 Å². The van der Waals surface area contributed by atoms with Crippen LogP contribution in [0.2, 0.25) is 5.02 Å². The monoisotopic (exact) mass is 396 g/mol. The lowest BCUT2D eigenvalue weighted by Crippen LogP contribution is -2.33. The summed E-state index contributed by atoms with van der Waals surface area (Å²) in [4.78, 5) is 13.9. The van der Waals surface area contributed by atoms with Crippen molar-refractivity contribution in [3.63, 3.8) is 0 Å². The first-order valence-electron chi connectivity index (χ1n) is 7.16. The number of benzene rings is 2. The molecule has 0 radical (unpaired) electrons. The molecule has 0 atom stereocenters. The normalized spacial score (nSPS) is 10.6. The number of amides is 1. The Kier molecular flexibility index (Phi) is 6.89. The van der Waals surface area contributed by atoms with Gasteiger partial charge in [-0.1, -0.05) is 39.7 Å². The summed E-state index contributed by atoms with van der Waals surface area (Å²) in [6, 6.07) is 14.8. The highest BCUT2D eigenvalue weighted by Crippen LogP contribution is 2.20. The minimum Gasteiger partial charge on any atom is -0.492 e. The zero-order valence-corrected chi connectivity index (χ0v) is 15.1. The fraction of sp³-hybridized carbons (Fsp3) is 0.235. The van der Waals surface area contributed by atoms with Crippen molar-refractivity contribution >= 4 is 39.1 Å². The highest BCUT2D eigenvalue weighted by atomic mass is 79.9. The standard InChI is InChI=1S/C17H18BrClN2O2/c1-21(10-11-23-14-8-6-13(18)7-9-14)12-17(22)20-16-5-3-2-4-15(16)19/h2-9H,10-12H2,1H3,(H,20,22). The molecule has 1 amide bonds. The predicted octanol–water partition coefficient (Wildman–Crippen LogP) is 4.05. The summed E-state index contributed by atoms with van der Waals surface area (Å²) in [5.74, 6) is 0.700. The van der Waals surface area contributed by atoms with Gasteiger partial charge in [0.2, 0.25) is 5.91 Å². The number of ether oxygens (including phenoxy) is 1. The summed E-state index contributed by atoms with van der Waals surface area (Å²) >= 11 is 9.39. The van der Waals surface area contributed by atoms with Crippen LogP contribution in [0, 0.1) is 0 Å². The maximum absolute atomic E-state index is 12.0. The first-order valence-corrected chi connectivity index (χ1v) is 8.33. The van der Waals surface area contributed by atoms with Gasteiger partial charge in [0.1, 0.15) is 12.4 Å². The SMILES string of the molecule is CN(CCOc1ccc(Br)cc1)CC(=O)Nc1ccccc1Cl. The Labute approximate surface area is 149 Å². The molecule has 1 N–H and O–H groups in total. The summed E-state index contributed by atoms with van der Waals surface area (Å²) < 4.78 is 6.65. The lowest BCUT2D eigenvalue weighted by atomic mass is 10.3. The third kappa shape index (κ3) is 6.22. The Balaban J connectivity index is 1.71. The molecule has 0 aliphatic rings. The molecule has 0 saturated heterocycles. The number of nitrogens with one attached hydrogen (secondary N) is 1. The molecule has 2 rings (SSSR count). The van der Waals surface area contributed by atoms with E-state index >= 15 is 0 Å². The van der Waals surface area contributed by atoms with E-state index < -0.39 is 0 Å². The summed E-state index contributed by atoms with van der Waals surface area (Å²) in [7, 11) is 1.87. The van der Waals surface area contributed by atoms with Crippen LogP contribution in [0.3, 0.4) is 0 Å². The molecule has 122 valence electrons. The first kappa shape index (κ1) is 17.8. The van der Waals surface area contributed by atoms with Crippen molar-refractivity contribution in [2.45, 2.75) is 0 Å². The Morgan fingerprint density at radius 1 is 1.22 bits per heavy atom. The molecular weight excluding hydrogens is 380 g/mol. The van der Waals surface area contributed by atoms with E-state index in [1.165, 1.54) is 0 Å². The average molecular weight is 398 g/mol. The molecular formula is C17H18BrClN2O2. The van der Waals surface area contributed by atoms with Crippen molar-refractivity contribution in [2.75, 3.05) is 32.1 Å². The maximum atomic E-state index is 12.0. The highest BCUT2D eigenvalue weighted by molar-refractivity contribution is 9.10. The number of carbonyl (C=O) groups excluding carboxylic acids is 1. The van der Waals surface area contributed by atoms with Crippen molar-refractivity contribution in [2.24, 2.45) is 0 Å². The molecule has 0 saturated carbocycles. The van der Waals surface area contributed by atoms with Gasteiger partial charge in [-0.15, -0.1) is 0 Å². The van der Waals surface area contributed by atoms with Crippen LogP contribution in [0.5, 0.6) is 5.75 Å². The van der Waals surface area contributed by atoms with Crippen LogP contribution in [0.1, 0.15) is 0 Å². The Bertz CT molecular complexity index is 649. The molecule has 0 unspecified atom stereocenters. The number of para-hydroxylation sites is 1. The van der Waals surface area contributed by atoms with Crippen LogP contribution >= 0.6 is 27.5 Å². The molecule has 23 heavy (non-hydrogen) atoms. The molecule has 0 fully saturated rings. The lowest BCUT2D eigenvalue weighted by Gasteiger charge is -2.17. The summed E-state index contributed by atoms with van der Waals surface area (Å²) in [5, 5.41) is 3.33. The van der Waals surface area contributed by atoms with Gasteiger partial charge in [-0.2, -0.15) is 0 Å². The number of anilines is 1. The van der Waals surface area contributed by atoms with E-state index in [1.54, 1.807) is 12.1 Å². The van der Waals surface area contributed by atoms with E-state index in [4.69, 9.17) is 16.3 Å². The summed E-state index contributed by atoms with van der Waals surface area (Å²) in [6.07, 6.45) is 0. The van der Waals surface area contributed by atoms with E-state index in [0.29, 0.717) is 23.9 Å². The van der Waals surface area contributed by atoms with Crippen molar-refractivity contribution < 1.29 is 9.53 Å². The zero-order chi connectivity index (χ0) is 16.7. The zero-order valence-electron chi connectivity index (χ0n) is 12.8. The quantitative estimate of drug-likeness (QED) is 0.766. The predicted molar refractivity (Wildman–Crippen MR) is 97.2 cm³/mol. The Morgan fingerprint density at radius 3 is 2.61 bits per heavy atom. The van der Waals surface area contributed by atoms with Gasteiger partial charge in [0, 0.05) is 11.0 Å². The molecule has 0 heterocycles. The molecule has 0 aliphatic heterocycles. The van der Waals surface area contributed by atoms with Crippen molar-refractivity contribution in [1.29, 1.82) is 0 Å². The van der Waals surface area contributed by atoms with Gasteiger partial charge in [0.05, 0.1) is 17.3 Å². The van der Waals surface area contributed by atoms with Crippen molar-refractivity contribution in [3.8, 4) is 5.75 Å². The van der Waals surface area contributed by atoms with E-state index in [0.717, 1.165) is 10.2 Å². The molecule has 6 heteroatoms. The van der Waals surface area contributed by atoms with Gasteiger partial charge in [0.15, 0.2) is 0 Å². The van der Waals surface area contributed by atoms with Crippen LogP contribution in [0.25, 0.3) is 0 Å². The minimum absolute atomic E-state index is 0.107. The van der Waals surface area contributed by atoms with E-state index in [-0.39, 0.29) is 12.5 Å². The second-order valence-corrected chi connectivity index (χ2v) is 6.39. The molecule has 0 spiro atoms. The van der Waals surface area contributed by atoms with Crippen molar-refractivity contribution in [1.82, 2.24) is 4.90 Å². The fourth-order valence-electron chi connectivity index (χ4n) is 1.93. The van der Waals surface area contributed by atoms with Gasteiger partial charge in [-0.25, -0.2) is 0 Å². The number of rotatable bonds is 7. The van der Waals surface area contributed by atoms with Gasteiger partial charge >= 0.3 is 0 Å². The first-order chi connectivity index (χ1) is 11.0. The summed E-state index contributed by atoms with van der Waals surface area (Å²) in [6.45, 7) is 1.43. The smallest absolute Gasteiger partial charge is 0.238 e. The van der Waals surface area contributed by atoms with Crippen LogP contribution in [0.4, 0.5) is 5.69 Å². The number of nitrogens with zero attached hydrogens (tertiary/aromatic N) is 1. The second-order valence-electron chi connectivity index (χ2n) is 5.07. The molecule has 0 bridgehead atoms. The van der Waals surface area contributed by atoms with Gasteiger partial charge in [0.25, 0.3) is 0 Å². The Morgan fingerprint density at radius 2 is 1.91 bits per heavy atom. The molecule has 2 aromatic carbocycles. The number of hydrogen-bond acceptors (Lipinski definition) is 3. The number of hydrogen-bond donors (Lipinski definition) is 1. The van der Waals surface area contributed by atoms with E-state index in [1.807, 2.05) is 48.3 Å². The molecule has 0 aliphatic carbocycles. The van der Waals surface area contributed by atoms with Gasteiger partial charge in [-0.05, 0) is 43.4 Å². The topological polar surface area (TPSA) is 41.6 Å². The molecule has 2 aromatic rings. The fourth-order valence-corrected chi connectivity index (χ4v) is 2.37. The largest absolute Gasteiger partial charge is 0.492 e. The van der Waals surface area contributed by atoms with Gasteiger partial charge < -0.3 is 10.1 Å². The Hall–Kier alpha value is -1.56. The molecule has 0 aromatic heterocycles. The third-order valence-electron chi connectivity index (χ3n) is 3.12. The summed E-state index contributed by atoms with van der Waals surface area (Å²) in [5.41, 5.74) is 0.624. The van der Waals surface area contributed by atoms with Gasteiger partial charge in [-0.3, -0.25) is 9.69 Å².